The van der Waals surface area contributed by atoms with E-state index < -0.39 is 41.5 Å². The molecule has 0 aliphatic rings. The van der Waals surface area contributed by atoms with Crippen molar-refractivity contribution in [1.82, 2.24) is 0 Å². The first kappa shape index (κ1) is 48.3. The van der Waals surface area contributed by atoms with Crippen LogP contribution in [0.25, 0.3) is 0 Å². The molecular weight excluding hydrogens is 769 g/mol. The number of para-hydroxylation sites is 2. The van der Waals surface area contributed by atoms with Gasteiger partial charge in [-0.3, -0.25) is 4.55 Å². The number of hydrogen-bond donors (Lipinski definition) is 2. The molecular formula is C42H54CaO10S2. The Kier molecular flexibility index (Phi) is 22.3. The zero-order valence-electron chi connectivity index (χ0n) is 32.1. The summed E-state index contributed by atoms with van der Waals surface area (Å²) in [5, 5.41) is 22.0. The Balaban J connectivity index is 0.000000373. The molecule has 0 heterocycles. The quantitative estimate of drug-likeness (QED) is 0.0441. The van der Waals surface area contributed by atoms with Crippen LogP contribution in [0.4, 0.5) is 0 Å². The van der Waals surface area contributed by atoms with E-state index >= 15 is 0 Å². The zero-order valence-corrected chi connectivity index (χ0v) is 35.9. The summed E-state index contributed by atoms with van der Waals surface area (Å²) in [4.78, 5) is -1.37. The summed E-state index contributed by atoms with van der Waals surface area (Å²) in [6.45, 7) is 4.44. The molecule has 0 spiro atoms. The van der Waals surface area contributed by atoms with E-state index in [0.717, 1.165) is 37.8 Å². The van der Waals surface area contributed by atoms with Gasteiger partial charge < -0.3 is 24.2 Å². The normalized spacial score (nSPS) is 11.3. The van der Waals surface area contributed by atoms with Crippen molar-refractivity contribution in [2.45, 2.75) is 126 Å². The van der Waals surface area contributed by atoms with E-state index in [1.165, 1.54) is 112 Å². The van der Waals surface area contributed by atoms with Crippen LogP contribution in [0.3, 0.4) is 0 Å². The molecule has 55 heavy (non-hydrogen) atoms. The van der Waals surface area contributed by atoms with Gasteiger partial charge in [-0.1, -0.05) is 127 Å². The first-order valence-corrected chi connectivity index (χ1v) is 21.8. The van der Waals surface area contributed by atoms with E-state index in [1.807, 2.05) is 24.3 Å². The van der Waals surface area contributed by atoms with Crippen LogP contribution in [0.2, 0.25) is 0 Å². The first-order chi connectivity index (χ1) is 25.8. The second kappa shape index (κ2) is 25.4. The molecule has 4 aromatic carbocycles. The fourth-order valence-corrected chi connectivity index (χ4v) is 7.01. The molecule has 0 radical (unpaired) electrons. The number of ether oxygens (including phenoxy) is 2. The topological polar surface area (TPSA) is 173 Å². The molecule has 4 aromatic rings. The molecule has 0 aliphatic heterocycles. The molecule has 10 nitrogen and oxygen atoms in total. The van der Waals surface area contributed by atoms with Crippen molar-refractivity contribution >= 4 is 58.0 Å². The number of phenols is 1. The fraction of sp³-hybridized carbons (Fsp3) is 0.429. The molecule has 0 saturated carbocycles. The summed E-state index contributed by atoms with van der Waals surface area (Å²) in [5.74, 6) is -0.805. The number of aryl methyl sites for hydroxylation is 2. The number of unbranched alkanes of at least 4 members (excludes halogenated alkanes) is 12. The number of hydrogen-bond acceptors (Lipinski definition) is 9. The summed E-state index contributed by atoms with van der Waals surface area (Å²) in [5.41, 5.74) is 2.40. The van der Waals surface area contributed by atoms with Crippen LogP contribution in [0.15, 0.2) is 94.7 Å². The SMILES string of the molecule is CCCCCCCCCc1ccc(Oc2cccc(S(=O)(=O)O)c2O)cc1.CCCCCCCCCc1ccc(Oc2cccc(S(=O)(=O)[O-])c2[O-])cc1.[Ca+2]. The van der Waals surface area contributed by atoms with Gasteiger partial charge in [0.1, 0.15) is 32.3 Å². The van der Waals surface area contributed by atoms with E-state index in [2.05, 4.69) is 13.8 Å². The van der Waals surface area contributed by atoms with Crippen molar-refractivity contribution in [2.75, 3.05) is 0 Å². The standard InChI is InChI=1S/2C21H28O5S.Ca/c2*1-2-3-4-5-6-7-8-10-17-13-15-18(16-14-17)26-19-11-9-12-20(21(19)22)27(23,24)25;/h2*9,11-16,22H,2-8,10H2,1H3,(H,23,24,25);/q;;+2/p-2. The summed E-state index contributed by atoms with van der Waals surface area (Å²) < 4.78 is 75.9. The van der Waals surface area contributed by atoms with Gasteiger partial charge in [-0.05, 0) is 91.1 Å². The van der Waals surface area contributed by atoms with Crippen LogP contribution in [0.5, 0.6) is 34.5 Å². The molecule has 0 aliphatic carbocycles. The molecule has 0 fully saturated rings. The average molecular weight is 823 g/mol. The third kappa shape index (κ3) is 17.9. The molecule has 0 bridgehead atoms. The van der Waals surface area contributed by atoms with Gasteiger partial charge in [0.15, 0.2) is 11.5 Å². The van der Waals surface area contributed by atoms with Crippen molar-refractivity contribution in [3.05, 3.63) is 96.1 Å². The van der Waals surface area contributed by atoms with E-state index in [1.54, 1.807) is 24.3 Å². The Morgan fingerprint density at radius 1 is 0.545 bits per heavy atom. The van der Waals surface area contributed by atoms with Crippen molar-refractivity contribution in [3.63, 3.8) is 0 Å². The monoisotopic (exact) mass is 822 g/mol. The van der Waals surface area contributed by atoms with E-state index in [-0.39, 0.29) is 49.2 Å². The Labute approximate surface area is 357 Å². The van der Waals surface area contributed by atoms with Crippen LogP contribution in [0.1, 0.15) is 115 Å². The second-order valence-electron chi connectivity index (χ2n) is 13.4. The van der Waals surface area contributed by atoms with Crippen molar-refractivity contribution in [1.29, 1.82) is 0 Å². The van der Waals surface area contributed by atoms with Gasteiger partial charge in [0.25, 0.3) is 10.1 Å². The first-order valence-electron chi connectivity index (χ1n) is 18.9. The molecule has 0 amide bonds. The third-order valence-corrected chi connectivity index (χ3v) is 10.6. The Hall–Kier alpha value is -2.84. The van der Waals surface area contributed by atoms with Gasteiger partial charge in [0, 0.05) is 0 Å². The second-order valence-corrected chi connectivity index (χ2v) is 16.1. The van der Waals surface area contributed by atoms with Crippen LogP contribution in [-0.2, 0) is 33.1 Å². The van der Waals surface area contributed by atoms with Crippen LogP contribution in [-0.4, -0.2) is 68.8 Å². The number of aromatic hydroxyl groups is 1. The maximum Gasteiger partial charge on any atom is 2.00 e. The predicted molar refractivity (Wildman–Crippen MR) is 214 cm³/mol. The van der Waals surface area contributed by atoms with Crippen molar-refractivity contribution in [3.8, 4) is 34.5 Å². The van der Waals surface area contributed by atoms with Crippen molar-refractivity contribution < 1.29 is 45.6 Å². The number of benzene rings is 4. The largest absolute Gasteiger partial charge is 2.00 e. The molecule has 0 unspecified atom stereocenters. The smallest absolute Gasteiger partial charge is 0.869 e. The molecule has 0 saturated heterocycles. The predicted octanol–water partition coefficient (Wildman–Crippen LogP) is 10.1. The molecule has 4 rings (SSSR count). The van der Waals surface area contributed by atoms with E-state index in [0.29, 0.717) is 11.5 Å². The molecule has 296 valence electrons. The minimum Gasteiger partial charge on any atom is -0.869 e. The van der Waals surface area contributed by atoms with Crippen LogP contribution < -0.4 is 14.6 Å². The Bertz CT molecular complexity index is 1770. The van der Waals surface area contributed by atoms with E-state index in [4.69, 9.17) is 14.0 Å². The van der Waals surface area contributed by atoms with Crippen molar-refractivity contribution in [2.24, 2.45) is 0 Å². The molecule has 0 aromatic heterocycles. The van der Waals surface area contributed by atoms with Gasteiger partial charge in [-0.15, -0.1) is 0 Å². The summed E-state index contributed by atoms with van der Waals surface area (Å²) in [6, 6.07) is 22.5. The number of rotatable bonds is 22. The van der Waals surface area contributed by atoms with Gasteiger partial charge >= 0.3 is 37.7 Å². The van der Waals surface area contributed by atoms with E-state index in [9.17, 15) is 31.6 Å². The molecule has 0 atom stereocenters. The maximum atomic E-state index is 12.1. The minimum absolute atomic E-state index is 0. The average Bonchev–Trinajstić information content (AvgIpc) is 3.13. The van der Waals surface area contributed by atoms with Crippen LogP contribution >= 0.6 is 0 Å². The maximum absolute atomic E-state index is 12.1. The Morgan fingerprint density at radius 2 is 0.927 bits per heavy atom. The Morgan fingerprint density at radius 3 is 1.35 bits per heavy atom. The van der Waals surface area contributed by atoms with Gasteiger partial charge in [0.2, 0.25) is 0 Å². The molecule has 2 N–H and O–H groups in total. The minimum atomic E-state index is -4.82. The van der Waals surface area contributed by atoms with Gasteiger partial charge in [0.05, 0.1) is 4.90 Å². The third-order valence-electron chi connectivity index (χ3n) is 8.89. The summed E-state index contributed by atoms with van der Waals surface area (Å²) >= 11 is 0. The number of phenolic OH excluding ortho intramolecular Hbond substituents is 1. The molecule has 13 heteroatoms. The van der Waals surface area contributed by atoms with Gasteiger partial charge in [-0.2, -0.15) is 8.42 Å². The summed E-state index contributed by atoms with van der Waals surface area (Å²) in [6.07, 6.45) is 19.7. The zero-order chi connectivity index (χ0) is 39.4. The summed E-state index contributed by atoms with van der Waals surface area (Å²) in [7, 11) is -9.32. The van der Waals surface area contributed by atoms with Crippen LogP contribution in [0, 0.1) is 0 Å². The fourth-order valence-electron chi connectivity index (χ4n) is 5.84. The van der Waals surface area contributed by atoms with Gasteiger partial charge in [-0.25, -0.2) is 8.42 Å².